The van der Waals surface area contributed by atoms with Crippen LogP contribution in [-0.4, -0.2) is 40.1 Å². The predicted octanol–water partition coefficient (Wildman–Crippen LogP) is 4.13. The Kier molecular flexibility index (Phi) is 10.1. The van der Waals surface area contributed by atoms with Crippen LogP contribution in [0.2, 0.25) is 0 Å². The molecule has 2 rings (SSSR count). The standard InChI is InChI=1S/C24H35N5O4.2H2/c1-15(25)20(13-30)24(32)28-21(18-8-6-4-5-7-9-18)14-33-29-22-11-10-19(12-27-22)23(16(2)26)17(3)31;;/h10-13,18,21,25,30H,4-9,14,26H2,1-3H3,(H,27,29)(H,28,32);2*1H/b20-13+,23-16+,25-15?;;/t21-;;/m1../s1. The Morgan fingerprint density at radius 3 is 2.42 bits per heavy atom. The molecule has 6 N–H and O–H groups in total. The second-order valence-corrected chi connectivity index (χ2v) is 8.46. The van der Waals surface area contributed by atoms with Gasteiger partial charge in [-0.15, -0.1) is 0 Å². The van der Waals surface area contributed by atoms with Crippen molar-refractivity contribution in [1.82, 2.24) is 10.3 Å². The molecule has 1 amide bonds. The van der Waals surface area contributed by atoms with Crippen molar-refractivity contribution in [2.24, 2.45) is 11.7 Å². The molecule has 1 atom stereocenters. The van der Waals surface area contributed by atoms with Gasteiger partial charge in [-0.3, -0.25) is 14.4 Å². The van der Waals surface area contributed by atoms with Crippen LogP contribution >= 0.6 is 0 Å². The number of ketones is 1. The van der Waals surface area contributed by atoms with Gasteiger partial charge in [-0.25, -0.2) is 10.5 Å². The molecule has 1 aliphatic rings. The van der Waals surface area contributed by atoms with Crippen molar-refractivity contribution in [3.05, 3.63) is 41.4 Å². The highest BCUT2D eigenvalue weighted by atomic mass is 16.6. The fourth-order valence-corrected chi connectivity index (χ4v) is 4.10. The monoisotopic (exact) mass is 461 g/mol. The van der Waals surface area contributed by atoms with Crippen LogP contribution in [0.5, 0.6) is 0 Å². The number of pyridine rings is 1. The molecule has 1 saturated carbocycles. The summed E-state index contributed by atoms with van der Waals surface area (Å²) in [4.78, 5) is 34.4. The van der Waals surface area contributed by atoms with Gasteiger partial charge in [0.1, 0.15) is 5.82 Å². The number of carbonyl (C=O) groups is 2. The molecule has 0 radical (unpaired) electrons. The van der Waals surface area contributed by atoms with Gasteiger partial charge >= 0.3 is 0 Å². The topological polar surface area (TPSA) is 150 Å². The Labute approximate surface area is 197 Å². The van der Waals surface area contributed by atoms with Crippen LogP contribution in [-0.2, 0) is 14.4 Å². The fourth-order valence-electron chi connectivity index (χ4n) is 4.10. The minimum Gasteiger partial charge on any atom is -0.515 e. The van der Waals surface area contributed by atoms with Crippen LogP contribution < -0.4 is 16.5 Å². The molecule has 1 aromatic heterocycles. The predicted molar refractivity (Wildman–Crippen MR) is 133 cm³/mol. The maximum absolute atomic E-state index is 12.6. The van der Waals surface area contributed by atoms with Crippen LogP contribution in [0.3, 0.4) is 0 Å². The first-order valence-corrected chi connectivity index (χ1v) is 11.3. The molecule has 9 nitrogen and oxygen atoms in total. The van der Waals surface area contributed by atoms with Crippen molar-refractivity contribution >= 4 is 28.8 Å². The maximum atomic E-state index is 12.6. The molecule has 0 saturated heterocycles. The second-order valence-electron chi connectivity index (χ2n) is 8.46. The number of carbonyl (C=O) groups excluding carboxylic acids is 2. The SMILES string of the molecule is CC(=N)/C(=C\O)C(=O)N[C@H](CONc1ccc(/C(C(C)=O)=C(\C)N)cn1)C1CCCCCC1.[HH].[HH]. The van der Waals surface area contributed by atoms with Crippen LogP contribution in [0.4, 0.5) is 5.82 Å². The maximum Gasteiger partial charge on any atom is 0.256 e. The summed E-state index contributed by atoms with van der Waals surface area (Å²) in [7, 11) is 0. The first kappa shape index (κ1) is 26.1. The first-order chi connectivity index (χ1) is 15.7. The normalized spacial score (nSPS) is 16.9. The van der Waals surface area contributed by atoms with Crippen molar-refractivity contribution in [1.29, 1.82) is 5.41 Å². The molecule has 1 fully saturated rings. The molecular formula is C24H39N5O4. The third-order valence-electron chi connectivity index (χ3n) is 5.80. The molecule has 1 aromatic rings. The second kappa shape index (κ2) is 12.7. The summed E-state index contributed by atoms with van der Waals surface area (Å²) in [6.45, 7) is 4.77. The third kappa shape index (κ3) is 7.71. The lowest BCUT2D eigenvalue weighted by atomic mass is 9.92. The minimum atomic E-state index is -0.494. The number of hydrogen-bond donors (Lipinski definition) is 5. The van der Waals surface area contributed by atoms with E-state index in [9.17, 15) is 14.7 Å². The number of nitrogens with one attached hydrogen (secondary N) is 3. The van der Waals surface area contributed by atoms with E-state index in [2.05, 4.69) is 15.8 Å². The van der Waals surface area contributed by atoms with Crippen molar-refractivity contribution in [3.63, 3.8) is 0 Å². The summed E-state index contributed by atoms with van der Waals surface area (Å²) < 4.78 is 0. The average molecular weight is 462 g/mol. The Balaban J connectivity index is 0.00000578. The highest BCUT2D eigenvalue weighted by Crippen LogP contribution is 2.26. The van der Waals surface area contributed by atoms with Gasteiger partial charge in [-0.05, 0) is 51.7 Å². The highest BCUT2D eigenvalue weighted by Gasteiger charge is 2.26. The Bertz CT molecular complexity index is 907. The lowest BCUT2D eigenvalue weighted by Crippen LogP contribution is -2.45. The van der Waals surface area contributed by atoms with Gasteiger partial charge in [0.15, 0.2) is 5.78 Å². The van der Waals surface area contributed by atoms with Crippen molar-refractivity contribution in [2.75, 3.05) is 12.1 Å². The van der Waals surface area contributed by atoms with E-state index in [1.54, 1.807) is 25.3 Å². The molecule has 1 heterocycles. The van der Waals surface area contributed by atoms with Crippen LogP contribution in [0.25, 0.3) is 5.57 Å². The molecule has 0 aromatic carbocycles. The van der Waals surface area contributed by atoms with Gasteiger partial charge in [-0.2, -0.15) is 0 Å². The lowest BCUT2D eigenvalue weighted by Gasteiger charge is -2.27. The molecule has 0 spiro atoms. The Morgan fingerprint density at radius 1 is 1.27 bits per heavy atom. The number of nitrogens with zero attached hydrogens (tertiary/aromatic N) is 1. The number of anilines is 1. The number of aromatic nitrogens is 1. The summed E-state index contributed by atoms with van der Waals surface area (Å²) in [5.41, 5.74) is 10.0. The zero-order valence-corrected chi connectivity index (χ0v) is 19.6. The quantitative estimate of drug-likeness (QED) is 0.115. The molecule has 0 aliphatic heterocycles. The number of aliphatic hydroxyl groups excluding tert-OH is 1. The molecule has 184 valence electrons. The summed E-state index contributed by atoms with van der Waals surface area (Å²) in [5.74, 6) is 0.0575. The average Bonchev–Trinajstić information content (AvgIpc) is 3.03. The zero-order chi connectivity index (χ0) is 24.4. The number of amides is 1. The van der Waals surface area contributed by atoms with Gasteiger partial charge in [-0.1, -0.05) is 25.7 Å². The number of Topliss-reactive ketones (excluding diaryl/α,β-unsaturated/α-hetero) is 1. The number of aliphatic hydroxyl groups is 1. The Morgan fingerprint density at radius 2 is 1.94 bits per heavy atom. The van der Waals surface area contributed by atoms with E-state index in [1.165, 1.54) is 26.7 Å². The first-order valence-electron chi connectivity index (χ1n) is 11.3. The smallest absolute Gasteiger partial charge is 0.256 e. The third-order valence-corrected chi connectivity index (χ3v) is 5.80. The van der Waals surface area contributed by atoms with Gasteiger partial charge in [0.05, 0.1) is 24.5 Å². The summed E-state index contributed by atoms with van der Waals surface area (Å²) in [6, 6.07) is 3.14. The van der Waals surface area contributed by atoms with Crippen LogP contribution in [0.1, 0.15) is 67.7 Å². The molecule has 0 unspecified atom stereocenters. The van der Waals surface area contributed by atoms with Crippen molar-refractivity contribution < 1.29 is 22.4 Å². The molecule has 33 heavy (non-hydrogen) atoms. The Hall–Kier alpha value is -3.20. The van der Waals surface area contributed by atoms with Crippen LogP contribution in [0, 0.1) is 11.3 Å². The highest BCUT2D eigenvalue weighted by molar-refractivity contribution is 6.20. The summed E-state index contributed by atoms with van der Waals surface area (Å²) in [5, 5.41) is 20.0. The van der Waals surface area contributed by atoms with E-state index >= 15 is 0 Å². The van der Waals surface area contributed by atoms with Gasteiger partial charge in [0.2, 0.25) is 0 Å². The van der Waals surface area contributed by atoms with E-state index in [1.807, 2.05) is 0 Å². The number of rotatable bonds is 10. The number of nitrogens with two attached hydrogens (primary N) is 1. The van der Waals surface area contributed by atoms with E-state index in [0.717, 1.165) is 25.7 Å². The molecular weight excluding hydrogens is 422 g/mol. The van der Waals surface area contributed by atoms with Crippen molar-refractivity contribution in [3.8, 4) is 0 Å². The molecule has 0 bridgehead atoms. The summed E-state index contributed by atoms with van der Waals surface area (Å²) >= 11 is 0. The van der Waals surface area contributed by atoms with Gasteiger partial charge in [0, 0.05) is 31.6 Å². The van der Waals surface area contributed by atoms with Gasteiger partial charge in [0.25, 0.3) is 5.91 Å². The van der Waals surface area contributed by atoms with Crippen LogP contribution in [0.15, 0.2) is 35.9 Å². The van der Waals surface area contributed by atoms with E-state index < -0.39 is 5.91 Å². The summed E-state index contributed by atoms with van der Waals surface area (Å²) in [6.07, 6.45) is 8.69. The molecule has 9 heteroatoms. The minimum absolute atomic E-state index is 0. The lowest BCUT2D eigenvalue weighted by molar-refractivity contribution is -0.118. The largest absolute Gasteiger partial charge is 0.515 e. The van der Waals surface area contributed by atoms with Gasteiger partial charge < -0.3 is 21.6 Å². The van der Waals surface area contributed by atoms with E-state index in [4.69, 9.17) is 16.0 Å². The van der Waals surface area contributed by atoms with E-state index in [0.29, 0.717) is 28.9 Å². The number of allylic oxidation sites excluding steroid dienone is 2. The van der Waals surface area contributed by atoms with Crippen molar-refractivity contribution in [2.45, 2.75) is 65.3 Å². The zero-order valence-electron chi connectivity index (χ0n) is 19.6. The number of hydrogen-bond acceptors (Lipinski definition) is 8. The fraction of sp³-hybridized carbons (Fsp3) is 0.500. The van der Waals surface area contributed by atoms with E-state index in [-0.39, 0.29) is 38.5 Å². The molecule has 1 aliphatic carbocycles.